The molecule has 0 aromatic rings. The topological polar surface area (TPSA) is 17.1 Å². The lowest BCUT2D eigenvalue weighted by atomic mass is 10.1. The van der Waals surface area contributed by atoms with Gasteiger partial charge in [-0.05, 0) is 19.3 Å². The molecular weight excluding hydrogens is 112 g/mol. The summed E-state index contributed by atoms with van der Waals surface area (Å²) in [5, 5.41) is 0. The molecule has 0 N–H and O–H groups in total. The summed E-state index contributed by atoms with van der Waals surface area (Å²) >= 11 is 0. The lowest BCUT2D eigenvalue weighted by molar-refractivity contribution is -0.110. The van der Waals surface area contributed by atoms with Crippen molar-refractivity contribution >= 4 is 6.29 Å². The Morgan fingerprint density at radius 2 is 2.33 bits per heavy atom. The quantitative estimate of drug-likeness (QED) is 0.313. The van der Waals surface area contributed by atoms with Gasteiger partial charge in [-0.25, -0.2) is 0 Å². The molecule has 0 aliphatic heterocycles. The van der Waals surface area contributed by atoms with E-state index in [9.17, 15) is 4.79 Å². The van der Waals surface area contributed by atoms with Crippen LogP contribution in [0.4, 0.5) is 0 Å². The zero-order valence-corrected chi connectivity index (χ0v) is 5.97. The highest BCUT2D eigenvalue weighted by Gasteiger charge is 1.95. The molecule has 0 saturated heterocycles. The van der Waals surface area contributed by atoms with E-state index in [1.807, 2.05) is 13.0 Å². The summed E-state index contributed by atoms with van der Waals surface area (Å²) in [5.74, 6) is 0.227. The monoisotopic (exact) mass is 126 g/mol. The van der Waals surface area contributed by atoms with Crippen molar-refractivity contribution < 1.29 is 4.79 Å². The zero-order valence-electron chi connectivity index (χ0n) is 5.97. The van der Waals surface area contributed by atoms with Crippen molar-refractivity contribution in [3.8, 4) is 0 Å². The summed E-state index contributed by atoms with van der Waals surface area (Å²) in [7, 11) is 0. The molecular formula is C8H14O. The maximum absolute atomic E-state index is 10.1. The molecule has 0 aromatic heterocycles. The van der Waals surface area contributed by atoms with Gasteiger partial charge in [-0.3, -0.25) is 0 Å². The number of carbonyl (C=O) groups excluding carboxylic acids is 1. The Hall–Kier alpha value is -0.590. The fourth-order valence-electron chi connectivity index (χ4n) is 0.652. The molecule has 0 aromatic carbocycles. The second kappa shape index (κ2) is 5.54. The maximum atomic E-state index is 10.1. The van der Waals surface area contributed by atoms with Gasteiger partial charge in [0, 0.05) is 5.92 Å². The molecule has 0 amide bonds. The smallest absolute Gasteiger partial charge is 0.122 e. The Labute approximate surface area is 56.8 Å². The van der Waals surface area contributed by atoms with Crippen molar-refractivity contribution in [1.29, 1.82) is 0 Å². The Balaban J connectivity index is 3.05. The largest absolute Gasteiger partial charge is 0.303 e. The van der Waals surface area contributed by atoms with E-state index < -0.39 is 0 Å². The van der Waals surface area contributed by atoms with E-state index in [1.54, 1.807) is 0 Å². The molecule has 0 aliphatic rings. The number of aldehydes is 1. The van der Waals surface area contributed by atoms with Gasteiger partial charge in [0.1, 0.15) is 6.29 Å². The van der Waals surface area contributed by atoms with Crippen LogP contribution in [0.1, 0.15) is 26.2 Å². The van der Waals surface area contributed by atoms with Crippen molar-refractivity contribution in [2.24, 2.45) is 5.92 Å². The normalized spacial score (nSPS) is 12.6. The van der Waals surface area contributed by atoms with Crippen LogP contribution in [0.15, 0.2) is 12.7 Å². The number of hydrogen-bond acceptors (Lipinski definition) is 1. The van der Waals surface area contributed by atoms with E-state index in [4.69, 9.17) is 0 Å². The van der Waals surface area contributed by atoms with Crippen LogP contribution < -0.4 is 0 Å². The van der Waals surface area contributed by atoms with E-state index in [2.05, 4.69) is 6.58 Å². The van der Waals surface area contributed by atoms with Crippen molar-refractivity contribution in [3.05, 3.63) is 12.7 Å². The summed E-state index contributed by atoms with van der Waals surface area (Å²) in [4.78, 5) is 10.1. The first-order chi connectivity index (χ1) is 4.31. The van der Waals surface area contributed by atoms with Crippen LogP contribution in [0, 0.1) is 5.92 Å². The Morgan fingerprint density at radius 3 is 2.78 bits per heavy atom. The van der Waals surface area contributed by atoms with Gasteiger partial charge < -0.3 is 4.79 Å². The lowest BCUT2D eigenvalue weighted by Crippen LogP contribution is -1.93. The van der Waals surface area contributed by atoms with E-state index in [1.165, 1.54) is 0 Å². The highest BCUT2D eigenvalue weighted by Crippen LogP contribution is 2.04. The van der Waals surface area contributed by atoms with Gasteiger partial charge in [-0.1, -0.05) is 13.0 Å². The summed E-state index contributed by atoms with van der Waals surface area (Å²) < 4.78 is 0. The molecule has 0 radical (unpaired) electrons. The van der Waals surface area contributed by atoms with Gasteiger partial charge in [-0.2, -0.15) is 0 Å². The number of rotatable bonds is 5. The van der Waals surface area contributed by atoms with E-state index in [-0.39, 0.29) is 5.92 Å². The van der Waals surface area contributed by atoms with Crippen molar-refractivity contribution in [2.45, 2.75) is 26.2 Å². The Kier molecular flexibility index (Phi) is 5.18. The number of allylic oxidation sites excluding steroid dienone is 1. The first kappa shape index (κ1) is 8.41. The van der Waals surface area contributed by atoms with Gasteiger partial charge in [0.2, 0.25) is 0 Å². The summed E-state index contributed by atoms with van der Waals surface area (Å²) in [6.07, 6.45) is 6.00. The number of unbranched alkanes of at least 4 members (excludes halogenated alkanes) is 1. The van der Waals surface area contributed by atoms with Gasteiger partial charge in [0.05, 0.1) is 0 Å². The van der Waals surface area contributed by atoms with Crippen LogP contribution >= 0.6 is 0 Å². The zero-order chi connectivity index (χ0) is 7.11. The molecule has 0 saturated carbocycles. The molecule has 0 heterocycles. The SMILES string of the molecule is C=CCCC[C@H](C)C=O. The average Bonchev–Trinajstić information content (AvgIpc) is 1.89. The third-order valence-electron chi connectivity index (χ3n) is 1.30. The molecule has 0 unspecified atom stereocenters. The van der Waals surface area contributed by atoms with Crippen molar-refractivity contribution in [2.75, 3.05) is 0 Å². The van der Waals surface area contributed by atoms with Gasteiger partial charge in [0.25, 0.3) is 0 Å². The van der Waals surface area contributed by atoms with E-state index >= 15 is 0 Å². The molecule has 1 nitrogen and oxygen atoms in total. The van der Waals surface area contributed by atoms with Crippen LogP contribution in [-0.2, 0) is 4.79 Å². The molecule has 52 valence electrons. The number of hydrogen-bond donors (Lipinski definition) is 0. The Bertz CT molecular complexity index is 86.6. The van der Waals surface area contributed by atoms with Crippen LogP contribution in [0.3, 0.4) is 0 Å². The fourth-order valence-corrected chi connectivity index (χ4v) is 0.652. The van der Waals surface area contributed by atoms with Gasteiger partial charge in [0.15, 0.2) is 0 Å². The summed E-state index contributed by atoms with van der Waals surface area (Å²) in [6, 6.07) is 0. The second-order valence-electron chi connectivity index (χ2n) is 2.33. The minimum Gasteiger partial charge on any atom is -0.303 e. The van der Waals surface area contributed by atoms with E-state index in [0.29, 0.717) is 0 Å². The molecule has 1 atom stereocenters. The molecule has 0 aliphatic carbocycles. The van der Waals surface area contributed by atoms with Crippen molar-refractivity contribution in [1.82, 2.24) is 0 Å². The number of carbonyl (C=O) groups is 1. The third kappa shape index (κ3) is 5.28. The minimum absolute atomic E-state index is 0.227. The summed E-state index contributed by atoms with van der Waals surface area (Å²) in [6.45, 7) is 5.54. The van der Waals surface area contributed by atoms with Crippen LogP contribution in [0.5, 0.6) is 0 Å². The van der Waals surface area contributed by atoms with Gasteiger partial charge in [-0.15, -0.1) is 6.58 Å². The first-order valence-electron chi connectivity index (χ1n) is 3.37. The van der Waals surface area contributed by atoms with Crippen LogP contribution in [-0.4, -0.2) is 6.29 Å². The molecule has 0 fully saturated rings. The molecule has 0 spiro atoms. The van der Waals surface area contributed by atoms with Crippen molar-refractivity contribution in [3.63, 3.8) is 0 Å². The molecule has 1 heteroatoms. The van der Waals surface area contributed by atoms with Crippen LogP contribution in [0.2, 0.25) is 0 Å². The average molecular weight is 126 g/mol. The Morgan fingerprint density at radius 1 is 1.67 bits per heavy atom. The minimum atomic E-state index is 0.227. The third-order valence-corrected chi connectivity index (χ3v) is 1.30. The highest BCUT2D eigenvalue weighted by molar-refractivity contribution is 5.52. The molecule has 0 rings (SSSR count). The van der Waals surface area contributed by atoms with Gasteiger partial charge >= 0.3 is 0 Å². The first-order valence-corrected chi connectivity index (χ1v) is 3.37. The van der Waals surface area contributed by atoms with Crippen LogP contribution in [0.25, 0.3) is 0 Å². The lowest BCUT2D eigenvalue weighted by Gasteiger charge is -1.98. The standard InChI is InChI=1S/C8H14O/c1-3-4-5-6-8(2)7-9/h3,7-8H,1,4-6H2,2H3/t8-/m0/s1. The summed E-state index contributed by atoms with van der Waals surface area (Å²) in [5.41, 5.74) is 0. The molecule has 9 heavy (non-hydrogen) atoms. The predicted molar refractivity (Wildman–Crippen MR) is 39.3 cm³/mol. The molecule has 0 bridgehead atoms. The predicted octanol–water partition coefficient (Wildman–Crippen LogP) is 2.18. The second-order valence-corrected chi connectivity index (χ2v) is 2.33. The van der Waals surface area contributed by atoms with E-state index in [0.717, 1.165) is 25.5 Å². The maximum Gasteiger partial charge on any atom is 0.122 e. The highest BCUT2D eigenvalue weighted by atomic mass is 16.1. The fraction of sp³-hybridized carbons (Fsp3) is 0.625.